The molecule has 0 aromatic rings. The molecule has 0 fully saturated rings. The van der Waals surface area contributed by atoms with E-state index >= 15 is 0 Å². The van der Waals surface area contributed by atoms with Crippen LogP contribution in [0.15, 0.2) is 0 Å². The van der Waals surface area contributed by atoms with Crippen LogP contribution in [0, 0.1) is 5.41 Å². The molecule has 0 aromatic carbocycles. The Morgan fingerprint density at radius 2 is 0.444 bits per heavy atom. The van der Waals surface area contributed by atoms with Gasteiger partial charge >= 0.3 is 0 Å². The predicted octanol–water partition coefficient (Wildman–Crippen LogP) is 19.0. The average Bonchev–Trinajstić information content (AvgIpc) is 3.29. The van der Waals surface area contributed by atoms with Crippen LogP contribution in [0.2, 0.25) is 0 Å². The van der Waals surface area contributed by atoms with Crippen LogP contribution in [0.3, 0.4) is 0 Å². The van der Waals surface area contributed by atoms with Crippen LogP contribution in [-0.2, 0) is 0 Å². The van der Waals surface area contributed by atoms with E-state index < -0.39 is 17.1 Å². The molecule has 63 heavy (non-hydrogen) atoms. The molecule has 0 aliphatic carbocycles. The molecule has 0 aromatic heterocycles. The molecule has 0 aliphatic heterocycles. The van der Waals surface area contributed by atoms with Crippen molar-refractivity contribution in [3.05, 3.63) is 0 Å². The van der Waals surface area contributed by atoms with Crippen LogP contribution < -0.4 is 0 Å². The van der Waals surface area contributed by atoms with Gasteiger partial charge in [0.2, 0.25) is 0 Å². The highest BCUT2D eigenvalue weighted by molar-refractivity contribution is 5.03. The van der Waals surface area contributed by atoms with E-state index in [1.54, 1.807) is 0 Å². The van der Waals surface area contributed by atoms with Crippen molar-refractivity contribution in [3.8, 4) is 0 Å². The zero-order chi connectivity index (χ0) is 46.1. The van der Waals surface area contributed by atoms with Crippen LogP contribution in [0.4, 0.5) is 0 Å². The minimum atomic E-state index is -1.27. The molecule has 4 N–H and O–H groups in total. The van der Waals surface area contributed by atoms with Crippen LogP contribution in [-0.4, -0.2) is 45.3 Å². The van der Waals surface area contributed by atoms with Gasteiger partial charge in [0, 0.05) is 0 Å². The van der Waals surface area contributed by atoms with E-state index in [0.29, 0.717) is 19.3 Å². The minimum absolute atomic E-state index is 0.363. The summed E-state index contributed by atoms with van der Waals surface area (Å²) in [7, 11) is 0. The van der Waals surface area contributed by atoms with Crippen molar-refractivity contribution in [3.63, 3.8) is 0 Å². The Bertz CT molecular complexity index is 805. The first kappa shape index (κ1) is 62.8. The first-order chi connectivity index (χ1) is 31.0. The summed E-state index contributed by atoms with van der Waals surface area (Å²) >= 11 is 0. The first-order valence-corrected chi connectivity index (χ1v) is 29.6. The minimum Gasteiger partial charge on any atom is -0.395 e. The van der Waals surface area contributed by atoms with Crippen molar-refractivity contribution < 1.29 is 20.4 Å². The summed E-state index contributed by atoms with van der Waals surface area (Å²) in [6.07, 6.45) is 63.7. The smallest absolute Gasteiger partial charge is 0.0772 e. The van der Waals surface area contributed by atoms with Gasteiger partial charge in [0.25, 0.3) is 0 Å². The summed E-state index contributed by atoms with van der Waals surface area (Å²) < 4.78 is 0. The fourth-order valence-corrected chi connectivity index (χ4v) is 10.6. The lowest BCUT2D eigenvalue weighted by molar-refractivity contribution is -0.193. The van der Waals surface area contributed by atoms with Crippen molar-refractivity contribution in [2.45, 2.75) is 360 Å². The molecule has 0 spiro atoms. The number of hydrogen-bond donors (Lipinski definition) is 4. The van der Waals surface area contributed by atoms with E-state index in [-0.39, 0.29) is 13.2 Å². The van der Waals surface area contributed by atoms with E-state index in [9.17, 15) is 20.4 Å². The Hall–Kier alpha value is -0.160. The van der Waals surface area contributed by atoms with E-state index in [1.807, 2.05) is 0 Å². The van der Waals surface area contributed by atoms with Crippen molar-refractivity contribution >= 4 is 0 Å². The van der Waals surface area contributed by atoms with E-state index in [0.717, 1.165) is 38.5 Å². The molecule has 380 valence electrons. The van der Waals surface area contributed by atoms with E-state index in [1.165, 1.54) is 270 Å². The highest BCUT2D eigenvalue weighted by Gasteiger charge is 2.53. The van der Waals surface area contributed by atoms with Crippen molar-refractivity contribution in [2.75, 3.05) is 13.2 Å². The fraction of sp³-hybridized carbons (Fsp3) is 1.00. The third kappa shape index (κ3) is 37.5. The Kier molecular flexibility index (Phi) is 49.6. The lowest BCUT2D eigenvalue weighted by Crippen LogP contribution is -2.59. The molecule has 0 rings (SSSR count). The molecule has 0 saturated carbocycles. The van der Waals surface area contributed by atoms with Crippen molar-refractivity contribution in [1.29, 1.82) is 0 Å². The van der Waals surface area contributed by atoms with E-state index in [2.05, 4.69) is 20.8 Å². The maximum atomic E-state index is 12.5. The zero-order valence-electron chi connectivity index (χ0n) is 43.8. The van der Waals surface area contributed by atoms with Gasteiger partial charge in [-0.1, -0.05) is 329 Å². The lowest BCUT2D eigenvalue weighted by atomic mass is 9.63. The molecule has 4 nitrogen and oxygen atoms in total. The van der Waals surface area contributed by atoms with E-state index in [4.69, 9.17) is 0 Å². The maximum Gasteiger partial charge on any atom is 0.0772 e. The number of rotatable bonds is 55. The average molecular weight is 894 g/mol. The first-order valence-electron chi connectivity index (χ1n) is 29.6. The largest absolute Gasteiger partial charge is 0.395 e. The van der Waals surface area contributed by atoms with Gasteiger partial charge in [-0.15, -0.1) is 0 Å². The normalized spacial score (nSPS) is 12.8. The molecule has 0 aliphatic rings. The van der Waals surface area contributed by atoms with Gasteiger partial charge in [-0.3, -0.25) is 0 Å². The van der Waals surface area contributed by atoms with Gasteiger partial charge in [-0.25, -0.2) is 0 Å². The summed E-state index contributed by atoms with van der Waals surface area (Å²) in [6, 6.07) is 0. The maximum absolute atomic E-state index is 12.5. The molecule has 0 radical (unpaired) electrons. The third-order valence-corrected chi connectivity index (χ3v) is 15.3. The van der Waals surface area contributed by atoms with Gasteiger partial charge in [-0.05, 0) is 19.3 Å². The molecule has 0 heterocycles. The number of hydrogen-bond acceptors (Lipinski definition) is 4. The standard InChI is InChI=1S/C59H120O4/c1-4-7-10-13-16-19-22-25-28-31-34-37-40-43-46-49-52-57(62)58(55-60,56-61)59(63,53-50-47-44-41-38-35-32-29-26-23-20-17-14-11-8-5-2)54-51-48-45-42-39-36-33-30-27-24-21-18-15-12-9-6-3/h57,60-63H,4-56H2,1-3H3. The summed E-state index contributed by atoms with van der Waals surface area (Å²) in [6.45, 7) is 6.14. The predicted molar refractivity (Wildman–Crippen MR) is 280 cm³/mol. The molecular formula is C59H120O4. The molecule has 1 atom stereocenters. The van der Waals surface area contributed by atoms with Crippen LogP contribution in [0.1, 0.15) is 348 Å². The molecule has 0 amide bonds. The van der Waals surface area contributed by atoms with Crippen molar-refractivity contribution in [2.24, 2.45) is 5.41 Å². The number of aliphatic hydroxyl groups excluding tert-OH is 3. The Balaban J connectivity index is 4.68. The van der Waals surface area contributed by atoms with Crippen molar-refractivity contribution in [1.82, 2.24) is 0 Å². The van der Waals surface area contributed by atoms with Gasteiger partial charge in [-0.2, -0.15) is 0 Å². The summed E-state index contributed by atoms with van der Waals surface area (Å²) in [5.41, 5.74) is -2.52. The second-order valence-corrected chi connectivity index (χ2v) is 21.2. The molecule has 4 heteroatoms. The monoisotopic (exact) mass is 893 g/mol. The number of unbranched alkanes of at least 4 members (excludes halogenated alkanes) is 45. The van der Waals surface area contributed by atoms with Gasteiger partial charge in [0.1, 0.15) is 0 Å². The molecule has 0 bridgehead atoms. The fourth-order valence-electron chi connectivity index (χ4n) is 10.6. The van der Waals surface area contributed by atoms with Crippen LogP contribution >= 0.6 is 0 Å². The number of aliphatic hydroxyl groups is 4. The van der Waals surface area contributed by atoms with Gasteiger partial charge in [0.15, 0.2) is 0 Å². The highest BCUT2D eigenvalue weighted by Crippen LogP contribution is 2.44. The van der Waals surface area contributed by atoms with Crippen LogP contribution in [0.5, 0.6) is 0 Å². The third-order valence-electron chi connectivity index (χ3n) is 15.3. The topological polar surface area (TPSA) is 80.9 Å². The Morgan fingerprint density at radius 3 is 0.635 bits per heavy atom. The highest BCUT2D eigenvalue weighted by atomic mass is 16.3. The van der Waals surface area contributed by atoms with Gasteiger partial charge in [0.05, 0.1) is 30.3 Å². The second-order valence-electron chi connectivity index (χ2n) is 21.2. The molecule has 0 saturated heterocycles. The summed E-state index contributed by atoms with van der Waals surface area (Å²) in [4.78, 5) is 0. The quantitative estimate of drug-likeness (QED) is 0.0459. The molecule has 1 unspecified atom stereocenters. The zero-order valence-corrected chi connectivity index (χ0v) is 43.8. The Labute approximate surface area is 397 Å². The SMILES string of the molecule is CCCCCCCCCCCCCCCCCCC(O)C(CO)(CO)C(O)(CCCCCCCCCCCCCCCCCC)CCCCCCCCCCCCCCCCCC. The summed E-state index contributed by atoms with van der Waals surface area (Å²) in [5, 5.41) is 46.0. The van der Waals surface area contributed by atoms with Gasteiger partial charge < -0.3 is 20.4 Å². The summed E-state index contributed by atoms with van der Waals surface area (Å²) in [5.74, 6) is 0. The lowest BCUT2D eigenvalue weighted by Gasteiger charge is -2.48. The molecular weight excluding hydrogens is 773 g/mol. The Morgan fingerprint density at radius 1 is 0.270 bits per heavy atom. The van der Waals surface area contributed by atoms with Crippen LogP contribution in [0.25, 0.3) is 0 Å². The second kappa shape index (κ2) is 49.7.